The number of pyridine rings is 1. The SMILES string of the molecule is CC1NN=NC1c1ccc2c(c1)C(=O)N(c1ccc(-c3ccccc3)cn1)C2=O. The first kappa shape index (κ1) is 17.2. The molecule has 1 N–H and O–H groups in total. The predicted octanol–water partition coefficient (Wildman–Crippen LogP) is 3.95. The molecular formula is C22H17N5O2. The minimum Gasteiger partial charge on any atom is -0.286 e. The van der Waals surface area contributed by atoms with E-state index in [0.717, 1.165) is 21.6 Å². The van der Waals surface area contributed by atoms with Gasteiger partial charge in [0, 0.05) is 11.8 Å². The maximum absolute atomic E-state index is 13.0. The fourth-order valence-electron chi connectivity index (χ4n) is 3.68. The number of nitrogens with one attached hydrogen (secondary N) is 1. The number of anilines is 1. The topological polar surface area (TPSA) is 87.0 Å². The molecule has 2 aromatic carbocycles. The zero-order valence-electron chi connectivity index (χ0n) is 15.6. The monoisotopic (exact) mass is 383 g/mol. The average molecular weight is 383 g/mol. The Balaban J connectivity index is 1.46. The molecule has 2 aliphatic rings. The molecule has 0 fully saturated rings. The zero-order chi connectivity index (χ0) is 20.0. The van der Waals surface area contributed by atoms with E-state index in [1.165, 1.54) is 0 Å². The first-order valence-corrected chi connectivity index (χ1v) is 9.33. The van der Waals surface area contributed by atoms with Crippen LogP contribution in [0.4, 0.5) is 5.82 Å². The van der Waals surface area contributed by atoms with Gasteiger partial charge in [-0.3, -0.25) is 15.0 Å². The summed E-state index contributed by atoms with van der Waals surface area (Å²) in [5, 5.41) is 8.01. The maximum atomic E-state index is 13.0. The van der Waals surface area contributed by atoms with Crippen molar-refractivity contribution >= 4 is 17.6 Å². The van der Waals surface area contributed by atoms with Gasteiger partial charge in [-0.1, -0.05) is 41.6 Å². The average Bonchev–Trinajstić information content (AvgIpc) is 3.30. The van der Waals surface area contributed by atoms with Gasteiger partial charge in [0.25, 0.3) is 11.8 Å². The van der Waals surface area contributed by atoms with Gasteiger partial charge in [-0.05, 0) is 42.3 Å². The predicted molar refractivity (Wildman–Crippen MR) is 107 cm³/mol. The van der Waals surface area contributed by atoms with Crippen molar-refractivity contribution < 1.29 is 9.59 Å². The molecule has 7 nitrogen and oxygen atoms in total. The smallest absolute Gasteiger partial charge is 0.267 e. The van der Waals surface area contributed by atoms with Gasteiger partial charge < -0.3 is 0 Å². The number of nitrogens with zero attached hydrogens (tertiary/aromatic N) is 4. The highest BCUT2D eigenvalue weighted by molar-refractivity contribution is 6.34. The Morgan fingerprint density at radius 2 is 1.69 bits per heavy atom. The summed E-state index contributed by atoms with van der Waals surface area (Å²) in [5.74, 6) is -0.425. The summed E-state index contributed by atoms with van der Waals surface area (Å²) in [5.41, 5.74) is 6.43. The van der Waals surface area contributed by atoms with Crippen LogP contribution >= 0.6 is 0 Å². The first-order chi connectivity index (χ1) is 14.1. The van der Waals surface area contributed by atoms with Crippen LogP contribution in [0.1, 0.15) is 39.2 Å². The van der Waals surface area contributed by atoms with Crippen LogP contribution in [0.2, 0.25) is 0 Å². The zero-order valence-corrected chi connectivity index (χ0v) is 15.6. The fourth-order valence-corrected chi connectivity index (χ4v) is 3.68. The van der Waals surface area contributed by atoms with E-state index >= 15 is 0 Å². The third-order valence-corrected chi connectivity index (χ3v) is 5.25. The van der Waals surface area contributed by atoms with Crippen LogP contribution in [0.25, 0.3) is 11.1 Å². The lowest BCUT2D eigenvalue weighted by Crippen LogP contribution is -2.30. The maximum Gasteiger partial charge on any atom is 0.267 e. The van der Waals surface area contributed by atoms with Crippen LogP contribution in [0, 0.1) is 0 Å². The normalized spacial score (nSPS) is 20.1. The molecule has 3 aromatic rings. The number of hydrogen-bond acceptors (Lipinski definition) is 6. The van der Waals surface area contributed by atoms with Gasteiger partial charge in [0.2, 0.25) is 0 Å². The molecule has 0 bridgehead atoms. The molecule has 2 atom stereocenters. The molecule has 0 radical (unpaired) electrons. The van der Waals surface area contributed by atoms with Crippen molar-refractivity contribution in [3.63, 3.8) is 0 Å². The van der Waals surface area contributed by atoms with Crippen molar-refractivity contribution in [1.82, 2.24) is 10.4 Å². The van der Waals surface area contributed by atoms with Gasteiger partial charge in [0.05, 0.1) is 17.2 Å². The van der Waals surface area contributed by atoms with E-state index in [1.54, 1.807) is 24.4 Å². The Hall–Kier alpha value is -3.87. The van der Waals surface area contributed by atoms with Crippen molar-refractivity contribution in [3.8, 4) is 11.1 Å². The van der Waals surface area contributed by atoms with Crippen LogP contribution in [0.5, 0.6) is 0 Å². The van der Waals surface area contributed by atoms with E-state index in [-0.39, 0.29) is 23.9 Å². The summed E-state index contributed by atoms with van der Waals surface area (Å²) in [6, 6.07) is 18.5. The minimum absolute atomic E-state index is 0.0311. The Kier molecular flexibility index (Phi) is 3.94. The number of carbonyl (C=O) groups is 2. The summed E-state index contributed by atoms with van der Waals surface area (Å²) < 4.78 is 0. The Morgan fingerprint density at radius 3 is 2.38 bits per heavy atom. The third-order valence-electron chi connectivity index (χ3n) is 5.25. The van der Waals surface area contributed by atoms with Crippen molar-refractivity contribution in [2.75, 3.05) is 4.90 Å². The molecule has 7 heteroatoms. The molecule has 1 aromatic heterocycles. The molecule has 0 saturated carbocycles. The van der Waals surface area contributed by atoms with Crippen molar-refractivity contribution in [3.05, 3.63) is 83.6 Å². The van der Waals surface area contributed by atoms with E-state index in [2.05, 4.69) is 20.7 Å². The quantitative estimate of drug-likeness (QED) is 0.694. The Bertz CT molecular complexity index is 1140. The molecule has 0 saturated heterocycles. The van der Waals surface area contributed by atoms with E-state index in [1.807, 2.05) is 49.4 Å². The van der Waals surface area contributed by atoms with Gasteiger partial charge in [0.1, 0.15) is 11.9 Å². The Labute approximate surface area is 167 Å². The highest BCUT2D eigenvalue weighted by Gasteiger charge is 2.38. The standard InChI is InChI=1S/C22H17N5O2/c1-13-20(25-26-24-13)15-7-9-17-18(11-15)22(29)27(21(17)28)19-10-8-16(12-23-19)14-5-3-2-4-6-14/h2-13,20H,1H3,(H,24,25). The highest BCUT2D eigenvalue weighted by atomic mass is 16.2. The van der Waals surface area contributed by atoms with Gasteiger partial charge in [0.15, 0.2) is 0 Å². The summed E-state index contributed by atoms with van der Waals surface area (Å²) in [7, 11) is 0. The minimum atomic E-state index is -0.373. The van der Waals surface area contributed by atoms with Crippen molar-refractivity contribution in [2.24, 2.45) is 10.3 Å². The van der Waals surface area contributed by atoms with Crippen LogP contribution < -0.4 is 10.3 Å². The van der Waals surface area contributed by atoms with Gasteiger partial charge >= 0.3 is 0 Å². The Morgan fingerprint density at radius 1 is 0.897 bits per heavy atom. The van der Waals surface area contributed by atoms with Gasteiger partial charge in [-0.25, -0.2) is 9.88 Å². The molecule has 2 unspecified atom stereocenters. The second-order valence-electron chi connectivity index (χ2n) is 7.10. The van der Waals surface area contributed by atoms with Crippen LogP contribution in [-0.2, 0) is 0 Å². The van der Waals surface area contributed by atoms with Crippen molar-refractivity contribution in [2.45, 2.75) is 19.0 Å². The molecule has 0 aliphatic carbocycles. The second kappa shape index (κ2) is 6.63. The summed E-state index contributed by atoms with van der Waals surface area (Å²) in [6.45, 7) is 1.97. The molecule has 142 valence electrons. The molecule has 5 rings (SSSR count). The molecular weight excluding hydrogens is 366 g/mol. The van der Waals surface area contributed by atoms with E-state index in [4.69, 9.17) is 0 Å². The largest absolute Gasteiger partial charge is 0.286 e. The lowest BCUT2D eigenvalue weighted by Gasteiger charge is -2.13. The number of imide groups is 1. The second-order valence-corrected chi connectivity index (χ2v) is 7.10. The number of benzene rings is 2. The van der Waals surface area contributed by atoms with E-state index < -0.39 is 0 Å². The van der Waals surface area contributed by atoms with Gasteiger partial charge in [-0.2, -0.15) is 5.11 Å². The summed E-state index contributed by atoms with van der Waals surface area (Å²) >= 11 is 0. The van der Waals surface area contributed by atoms with Gasteiger partial charge in [-0.15, -0.1) is 0 Å². The summed E-state index contributed by atoms with van der Waals surface area (Å²) in [6.07, 6.45) is 1.67. The van der Waals surface area contributed by atoms with E-state index in [9.17, 15) is 9.59 Å². The lowest BCUT2D eigenvalue weighted by atomic mass is 9.98. The third kappa shape index (κ3) is 2.79. The molecule has 3 heterocycles. The van der Waals surface area contributed by atoms with Crippen LogP contribution in [0.3, 0.4) is 0 Å². The highest BCUT2D eigenvalue weighted by Crippen LogP contribution is 2.33. The number of fused-ring (bicyclic) bond motifs is 1. The first-order valence-electron chi connectivity index (χ1n) is 9.33. The number of carbonyl (C=O) groups excluding carboxylic acids is 2. The fraction of sp³-hybridized carbons (Fsp3) is 0.136. The molecule has 0 spiro atoms. The lowest BCUT2D eigenvalue weighted by molar-refractivity contribution is 0.0925. The number of amides is 2. The number of hydrogen-bond donors (Lipinski definition) is 1. The molecule has 2 amide bonds. The molecule has 29 heavy (non-hydrogen) atoms. The number of rotatable bonds is 3. The molecule has 2 aliphatic heterocycles. The number of aromatic nitrogens is 1. The van der Waals surface area contributed by atoms with E-state index in [0.29, 0.717) is 16.9 Å². The van der Waals surface area contributed by atoms with Crippen LogP contribution in [-0.4, -0.2) is 22.8 Å². The summed E-state index contributed by atoms with van der Waals surface area (Å²) in [4.78, 5) is 31.4. The van der Waals surface area contributed by atoms with Crippen LogP contribution in [0.15, 0.2) is 77.2 Å². The van der Waals surface area contributed by atoms with Crippen molar-refractivity contribution in [1.29, 1.82) is 0 Å².